The highest BCUT2D eigenvalue weighted by Gasteiger charge is 2.16. The van der Waals surface area contributed by atoms with Crippen LogP contribution in [0, 0.1) is 6.92 Å². The van der Waals surface area contributed by atoms with Crippen LogP contribution in [-0.4, -0.2) is 23.5 Å². The van der Waals surface area contributed by atoms with Gasteiger partial charge in [0.15, 0.2) is 5.03 Å². The van der Waals surface area contributed by atoms with Crippen molar-refractivity contribution in [1.82, 2.24) is 14.7 Å². The molecular weight excluding hydrogens is 286 g/mol. The lowest BCUT2D eigenvalue weighted by molar-refractivity contribution is 0.281. The van der Waals surface area contributed by atoms with E-state index in [4.69, 9.17) is 5.11 Å². The lowest BCUT2D eigenvalue weighted by Gasteiger charge is -2.05. The van der Waals surface area contributed by atoms with Crippen LogP contribution >= 0.6 is 11.3 Å². The summed E-state index contributed by atoms with van der Waals surface area (Å²) < 4.78 is 26.4. The van der Waals surface area contributed by atoms with Crippen molar-refractivity contribution in [3.8, 4) is 0 Å². The van der Waals surface area contributed by atoms with E-state index in [0.29, 0.717) is 5.56 Å². The zero-order valence-corrected chi connectivity index (χ0v) is 11.8. The quantitative estimate of drug-likeness (QED) is 0.852. The van der Waals surface area contributed by atoms with E-state index in [-0.39, 0.29) is 18.2 Å². The van der Waals surface area contributed by atoms with Gasteiger partial charge in [0.2, 0.25) is 0 Å². The molecule has 2 heterocycles. The summed E-state index contributed by atoms with van der Waals surface area (Å²) in [7, 11) is -3.64. The van der Waals surface area contributed by atoms with Gasteiger partial charge < -0.3 is 5.11 Å². The first-order chi connectivity index (χ1) is 9.03. The van der Waals surface area contributed by atoms with Gasteiger partial charge in [0.25, 0.3) is 10.0 Å². The zero-order valence-electron chi connectivity index (χ0n) is 10.2. The summed E-state index contributed by atoms with van der Waals surface area (Å²) >= 11 is 1.40. The number of rotatable bonds is 5. The molecular formula is C11H13N3O3S2. The predicted octanol–water partition coefficient (Wildman–Crippen LogP) is 0.817. The minimum Gasteiger partial charge on any atom is -0.392 e. The van der Waals surface area contributed by atoms with Crippen molar-refractivity contribution in [2.75, 3.05) is 0 Å². The summed E-state index contributed by atoms with van der Waals surface area (Å²) in [6.07, 6.45) is 1.34. The lowest BCUT2D eigenvalue weighted by Crippen LogP contribution is -2.24. The van der Waals surface area contributed by atoms with Gasteiger partial charge >= 0.3 is 0 Å². The van der Waals surface area contributed by atoms with Gasteiger partial charge in [-0.25, -0.2) is 23.1 Å². The second-order valence-corrected chi connectivity index (χ2v) is 6.50. The van der Waals surface area contributed by atoms with Gasteiger partial charge in [0.1, 0.15) is 0 Å². The number of aliphatic hydroxyl groups is 1. The van der Waals surface area contributed by atoms with Crippen molar-refractivity contribution in [3.63, 3.8) is 0 Å². The van der Waals surface area contributed by atoms with Gasteiger partial charge in [-0.15, -0.1) is 11.3 Å². The summed E-state index contributed by atoms with van der Waals surface area (Å²) in [5.41, 5.74) is 3.06. The Morgan fingerprint density at radius 2 is 2.16 bits per heavy atom. The number of aliphatic hydroxyl groups excluding tert-OH is 1. The topological polar surface area (TPSA) is 92.2 Å². The molecule has 2 N–H and O–H groups in total. The highest BCUT2D eigenvalue weighted by molar-refractivity contribution is 7.89. The largest absolute Gasteiger partial charge is 0.392 e. The average Bonchev–Trinajstić information content (AvgIpc) is 2.82. The van der Waals surface area contributed by atoms with Crippen molar-refractivity contribution in [3.05, 3.63) is 40.0 Å². The van der Waals surface area contributed by atoms with Crippen molar-refractivity contribution < 1.29 is 13.5 Å². The van der Waals surface area contributed by atoms with E-state index in [1.54, 1.807) is 5.51 Å². The Hall–Kier alpha value is -1.35. The number of thiazole rings is 1. The first-order valence-electron chi connectivity index (χ1n) is 5.47. The predicted molar refractivity (Wildman–Crippen MR) is 71.0 cm³/mol. The molecule has 0 atom stereocenters. The number of hydrogen-bond acceptors (Lipinski definition) is 6. The second-order valence-electron chi connectivity index (χ2n) is 3.85. The maximum absolute atomic E-state index is 12.0. The summed E-state index contributed by atoms with van der Waals surface area (Å²) in [6.45, 7) is 1.86. The Bertz CT molecular complexity index is 650. The first kappa shape index (κ1) is 14.1. The molecule has 0 aliphatic carbocycles. The van der Waals surface area contributed by atoms with Crippen LogP contribution in [0.4, 0.5) is 0 Å². The Labute approximate surface area is 115 Å². The number of aryl methyl sites for hydroxylation is 1. The summed E-state index contributed by atoms with van der Waals surface area (Å²) in [5.74, 6) is 0. The highest BCUT2D eigenvalue weighted by Crippen LogP contribution is 2.13. The van der Waals surface area contributed by atoms with Gasteiger partial charge in [0.05, 0.1) is 17.8 Å². The normalized spacial score (nSPS) is 11.7. The van der Waals surface area contributed by atoms with Crippen LogP contribution < -0.4 is 4.72 Å². The average molecular weight is 299 g/mol. The molecule has 0 aliphatic heterocycles. The van der Waals surface area contributed by atoms with E-state index in [0.717, 1.165) is 10.6 Å². The van der Waals surface area contributed by atoms with Crippen molar-refractivity contribution >= 4 is 21.4 Å². The second kappa shape index (κ2) is 5.74. The maximum Gasteiger partial charge on any atom is 0.258 e. The van der Waals surface area contributed by atoms with E-state index in [9.17, 15) is 8.42 Å². The molecule has 102 valence electrons. The third-order valence-electron chi connectivity index (χ3n) is 2.52. The van der Waals surface area contributed by atoms with Crippen LogP contribution in [0.5, 0.6) is 0 Å². The molecule has 0 fully saturated rings. The van der Waals surface area contributed by atoms with E-state index < -0.39 is 10.0 Å². The maximum atomic E-state index is 12.0. The summed E-state index contributed by atoms with van der Waals surface area (Å²) in [6, 6.07) is 2.90. The van der Waals surface area contributed by atoms with Crippen molar-refractivity contribution in [2.24, 2.45) is 0 Å². The SMILES string of the molecule is Cc1ncsc1CNS(=O)(=O)c1ccc(CO)cn1. The fourth-order valence-electron chi connectivity index (χ4n) is 1.39. The molecule has 0 radical (unpaired) electrons. The van der Waals surface area contributed by atoms with Crippen LogP contribution in [0.15, 0.2) is 28.9 Å². The molecule has 0 saturated carbocycles. The monoisotopic (exact) mass is 299 g/mol. The molecule has 0 amide bonds. The minimum atomic E-state index is -3.64. The molecule has 2 aromatic heterocycles. The van der Waals surface area contributed by atoms with Crippen LogP contribution in [0.3, 0.4) is 0 Å². The number of pyridine rings is 1. The molecule has 0 aliphatic rings. The third-order valence-corrected chi connectivity index (χ3v) is 4.77. The minimum absolute atomic E-state index is 0.0631. The summed E-state index contributed by atoms with van der Waals surface area (Å²) in [5, 5.41) is 8.82. The van der Waals surface area contributed by atoms with E-state index in [1.807, 2.05) is 6.92 Å². The molecule has 8 heteroatoms. The standard InChI is InChI=1S/C11H13N3O3S2/c1-8-10(18-7-13-8)5-14-19(16,17)11-3-2-9(6-15)4-12-11/h2-4,7,14-15H,5-6H2,1H3. The molecule has 0 aromatic carbocycles. The zero-order chi connectivity index (χ0) is 13.9. The smallest absolute Gasteiger partial charge is 0.258 e. The number of hydrogen-bond donors (Lipinski definition) is 2. The van der Waals surface area contributed by atoms with Gasteiger partial charge in [-0.05, 0) is 18.6 Å². The van der Waals surface area contributed by atoms with E-state index >= 15 is 0 Å². The van der Waals surface area contributed by atoms with Gasteiger partial charge in [-0.1, -0.05) is 6.07 Å². The fraction of sp³-hybridized carbons (Fsp3) is 0.273. The van der Waals surface area contributed by atoms with Crippen LogP contribution in [0.2, 0.25) is 0 Å². The molecule has 0 spiro atoms. The molecule has 2 rings (SSSR count). The van der Waals surface area contributed by atoms with Crippen LogP contribution in [0.1, 0.15) is 16.1 Å². The molecule has 6 nitrogen and oxygen atoms in total. The van der Waals surface area contributed by atoms with Crippen molar-refractivity contribution in [1.29, 1.82) is 0 Å². The molecule has 0 saturated heterocycles. The van der Waals surface area contributed by atoms with Crippen molar-refractivity contribution in [2.45, 2.75) is 25.1 Å². The van der Waals surface area contributed by atoms with E-state index in [2.05, 4.69) is 14.7 Å². The Balaban J connectivity index is 2.11. The number of nitrogens with one attached hydrogen (secondary N) is 1. The number of sulfonamides is 1. The molecule has 19 heavy (non-hydrogen) atoms. The molecule has 2 aromatic rings. The first-order valence-corrected chi connectivity index (χ1v) is 7.83. The van der Waals surface area contributed by atoms with Crippen LogP contribution in [-0.2, 0) is 23.2 Å². The Kier molecular flexibility index (Phi) is 4.25. The Morgan fingerprint density at radius 1 is 1.37 bits per heavy atom. The fourth-order valence-corrected chi connectivity index (χ4v) is 3.12. The van der Waals surface area contributed by atoms with E-state index in [1.165, 1.54) is 29.7 Å². The number of nitrogens with zero attached hydrogens (tertiary/aromatic N) is 2. The lowest BCUT2D eigenvalue weighted by atomic mass is 10.3. The third kappa shape index (κ3) is 3.35. The van der Waals surface area contributed by atoms with Crippen LogP contribution in [0.25, 0.3) is 0 Å². The van der Waals surface area contributed by atoms with Gasteiger partial charge in [-0.2, -0.15) is 0 Å². The van der Waals surface area contributed by atoms with Gasteiger partial charge in [-0.3, -0.25) is 0 Å². The Morgan fingerprint density at radius 3 is 2.68 bits per heavy atom. The number of aromatic nitrogens is 2. The molecule has 0 unspecified atom stereocenters. The van der Waals surface area contributed by atoms with Gasteiger partial charge in [0, 0.05) is 17.6 Å². The highest BCUT2D eigenvalue weighted by atomic mass is 32.2. The summed E-state index contributed by atoms with van der Waals surface area (Å²) in [4.78, 5) is 8.74. The molecule has 0 bridgehead atoms.